The first kappa shape index (κ1) is 21.9. The summed E-state index contributed by atoms with van der Waals surface area (Å²) in [5.41, 5.74) is 0.0694. The van der Waals surface area contributed by atoms with Gasteiger partial charge in [0.15, 0.2) is 5.78 Å². The van der Waals surface area contributed by atoms with Gasteiger partial charge < -0.3 is 9.84 Å². The van der Waals surface area contributed by atoms with Gasteiger partial charge in [-0.15, -0.1) is 0 Å². The number of carbonyl (C=O) groups is 1. The van der Waals surface area contributed by atoms with Gasteiger partial charge in [-0.1, -0.05) is 63.4 Å². The molecule has 2 aromatic rings. The van der Waals surface area contributed by atoms with Crippen molar-refractivity contribution in [2.75, 3.05) is 6.61 Å². The molecule has 152 valence electrons. The number of hydrogen-bond donors (Lipinski definition) is 2. The molecule has 28 heavy (non-hydrogen) atoms. The van der Waals surface area contributed by atoms with Crippen LogP contribution >= 0.6 is 0 Å². The van der Waals surface area contributed by atoms with E-state index in [0.717, 1.165) is 31.4 Å². The predicted molar refractivity (Wildman–Crippen MR) is 107 cm³/mol. The molecule has 1 unspecified atom stereocenters. The minimum Gasteiger partial charge on any atom is -0.507 e. The molecule has 2 N–H and O–H groups in total. The Bertz CT molecular complexity index is 906. The lowest BCUT2D eigenvalue weighted by Crippen LogP contribution is -2.10. The van der Waals surface area contributed by atoms with Crippen LogP contribution in [0, 0.1) is 5.92 Å². The van der Waals surface area contributed by atoms with Gasteiger partial charge in [0.25, 0.3) is 10.1 Å². The zero-order valence-electron chi connectivity index (χ0n) is 16.1. The second-order valence-corrected chi connectivity index (χ2v) is 8.26. The first-order chi connectivity index (χ1) is 13.2. The standard InChI is InChI=1S/C21H26O6S/c1-3-4-8-15(2)11-12-27-19-14-18(22)17(13-20(19)28(24,25)26)21(23)16-9-6-5-7-10-16/h5-7,9-10,13-15,22H,3-4,8,11-12H2,1-2H3,(H,24,25,26). The number of unbranched alkanes of at least 4 members (excludes halogenated alkanes) is 1. The van der Waals surface area contributed by atoms with Crippen molar-refractivity contribution in [3.63, 3.8) is 0 Å². The van der Waals surface area contributed by atoms with E-state index in [4.69, 9.17) is 4.74 Å². The van der Waals surface area contributed by atoms with E-state index in [-0.39, 0.29) is 23.5 Å². The lowest BCUT2D eigenvalue weighted by molar-refractivity contribution is 0.103. The molecule has 0 spiro atoms. The van der Waals surface area contributed by atoms with Crippen molar-refractivity contribution < 1.29 is 27.6 Å². The summed E-state index contributed by atoms with van der Waals surface area (Å²) >= 11 is 0. The molecule has 0 aliphatic heterocycles. The van der Waals surface area contributed by atoms with E-state index in [1.165, 1.54) is 0 Å². The highest BCUT2D eigenvalue weighted by Crippen LogP contribution is 2.33. The first-order valence-corrected chi connectivity index (χ1v) is 10.7. The molecule has 2 aromatic carbocycles. The molecule has 0 fully saturated rings. The van der Waals surface area contributed by atoms with Gasteiger partial charge in [0, 0.05) is 11.6 Å². The number of ketones is 1. The number of rotatable bonds is 10. The smallest absolute Gasteiger partial charge is 0.298 e. The molecule has 0 bridgehead atoms. The maximum absolute atomic E-state index is 12.6. The zero-order valence-corrected chi connectivity index (χ0v) is 16.9. The number of hydrogen-bond acceptors (Lipinski definition) is 5. The Morgan fingerprint density at radius 3 is 2.43 bits per heavy atom. The maximum Gasteiger partial charge on any atom is 0.298 e. The Morgan fingerprint density at radius 2 is 1.82 bits per heavy atom. The third-order valence-corrected chi connectivity index (χ3v) is 5.41. The van der Waals surface area contributed by atoms with Crippen molar-refractivity contribution in [1.29, 1.82) is 0 Å². The van der Waals surface area contributed by atoms with E-state index in [1.54, 1.807) is 30.3 Å². The fourth-order valence-electron chi connectivity index (χ4n) is 2.86. The molecule has 0 aliphatic carbocycles. The summed E-state index contributed by atoms with van der Waals surface area (Å²) in [6, 6.07) is 10.2. The SMILES string of the molecule is CCCCC(C)CCOc1cc(O)c(C(=O)c2ccccc2)cc1S(=O)(=O)O. The molecule has 7 heteroatoms. The van der Waals surface area contributed by atoms with Gasteiger partial charge >= 0.3 is 0 Å². The Balaban J connectivity index is 2.27. The minimum absolute atomic E-state index is 0.174. The summed E-state index contributed by atoms with van der Waals surface area (Å²) in [6.07, 6.45) is 3.95. The van der Waals surface area contributed by atoms with Gasteiger partial charge in [-0.05, 0) is 18.4 Å². The van der Waals surface area contributed by atoms with Gasteiger partial charge in [-0.3, -0.25) is 9.35 Å². The molecule has 6 nitrogen and oxygen atoms in total. The predicted octanol–water partition coefficient (Wildman–Crippen LogP) is 4.47. The molecule has 0 aliphatic rings. The van der Waals surface area contributed by atoms with Crippen LogP contribution in [0.5, 0.6) is 11.5 Å². The lowest BCUT2D eigenvalue weighted by atomic mass is 10.0. The Labute approximate surface area is 165 Å². The van der Waals surface area contributed by atoms with E-state index in [2.05, 4.69) is 13.8 Å². The summed E-state index contributed by atoms with van der Waals surface area (Å²) in [4.78, 5) is 12.0. The van der Waals surface area contributed by atoms with Gasteiger partial charge in [0.05, 0.1) is 12.2 Å². The van der Waals surface area contributed by atoms with Crippen LogP contribution in [-0.4, -0.2) is 30.5 Å². The van der Waals surface area contributed by atoms with Gasteiger partial charge in [0.1, 0.15) is 16.4 Å². The van der Waals surface area contributed by atoms with Crippen LogP contribution in [0.2, 0.25) is 0 Å². The van der Waals surface area contributed by atoms with Crippen LogP contribution in [-0.2, 0) is 10.1 Å². The Morgan fingerprint density at radius 1 is 1.14 bits per heavy atom. The lowest BCUT2D eigenvalue weighted by Gasteiger charge is -2.15. The first-order valence-electron chi connectivity index (χ1n) is 9.31. The van der Waals surface area contributed by atoms with Crippen LogP contribution in [0.15, 0.2) is 47.4 Å². The quantitative estimate of drug-likeness (QED) is 0.446. The number of phenols is 1. The van der Waals surface area contributed by atoms with Crippen molar-refractivity contribution in [2.45, 2.75) is 44.4 Å². The van der Waals surface area contributed by atoms with Crippen LogP contribution in [0.25, 0.3) is 0 Å². The van der Waals surface area contributed by atoms with E-state index in [9.17, 15) is 22.9 Å². The summed E-state index contributed by atoms with van der Waals surface area (Å²) in [5, 5.41) is 10.3. The van der Waals surface area contributed by atoms with Crippen molar-refractivity contribution in [1.82, 2.24) is 0 Å². The van der Waals surface area contributed by atoms with E-state index < -0.39 is 26.5 Å². The number of ether oxygens (including phenoxy) is 1. The van der Waals surface area contributed by atoms with Crippen LogP contribution in [0.4, 0.5) is 0 Å². The van der Waals surface area contributed by atoms with Crippen LogP contribution in [0.3, 0.4) is 0 Å². The highest BCUT2D eigenvalue weighted by Gasteiger charge is 2.24. The summed E-state index contributed by atoms with van der Waals surface area (Å²) < 4.78 is 38.7. The van der Waals surface area contributed by atoms with Gasteiger partial charge in [-0.2, -0.15) is 8.42 Å². The molecular formula is C21H26O6S. The number of phenolic OH excluding ortho intramolecular Hbond substituents is 1. The second-order valence-electron chi connectivity index (χ2n) is 6.87. The number of carbonyl (C=O) groups excluding carboxylic acids is 1. The summed E-state index contributed by atoms with van der Waals surface area (Å²) in [6.45, 7) is 4.43. The van der Waals surface area contributed by atoms with Crippen molar-refractivity contribution in [3.8, 4) is 11.5 Å². The Kier molecular flexibility index (Phi) is 7.60. The van der Waals surface area contributed by atoms with Gasteiger partial charge in [0.2, 0.25) is 0 Å². The summed E-state index contributed by atoms with van der Waals surface area (Å²) in [5.74, 6) is -0.730. The Hall–Kier alpha value is -2.38. The van der Waals surface area contributed by atoms with Crippen molar-refractivity contribution >= 4 is 15.9 Å². The van der Waals surface area contributed by atoms with Crippen LogP contribution < -0.4 is 4.74 Å². The third-order valence-electron chi connectivity index (χ3n) is 4.54. The highest BCUT2D eigenvalue weighted by atomic mass is 32.2. The second kappa shape index (κ2) is 9.71. The monoisotopic (exact) mass is 406 g/mol. The average molecular weight is 407 g/mol. The molecule has 0 saturated heterocycles. The fourth-order valence-corrected chi connectivity index (χ4v) is 3.50. The fraction of sp³-hybridized carbons (Fsp3) is 0.381. The van der Waals surface area contributed by atoms with E-state index >= 15 is 0 Å². The third kappa shape index (κ3) is 5.81. The van der Waals surface area contributed by atoms with E-state index in [1.807, 2.05) is 0 Å². The maximum atomic E-state index is 12.6. The molecule has 0 amide bonds. The average Bonchev–Trinajstić information content (AvgIpc) is 2.65. The molecule has 0 aromatic heterocycles. The zero-order chi connectivity index (χ0) is 20.7. The molecule has 1 atom stereocenters. The molecule has 0 radical (unpaired) electrons. The van der Waals surface area contributed by atoms with Gasteiger partial charge in [-0.25, -0.2) is 0 Å². The molecular weight excluding hydrogens is 380 g/mol. The van der Waals surface area contributed by atoms with E-state index in [0.29, 0.717) is 12.3 Å². The number of benzene rings is 2. The number of aromatic hydroxyl groups is 1. The molecule has 0 heterocycles. The molecule has 0 saturated carbocycles. The largest absolute Gasteiger partial charge is 0.507 e. The topological polar surface area (TPSA) is 101 Å². The van der Waals surface area contributed by atoms with Crippen LogP contribution in [0.1, 0.15) is 55.5 Å². The minimum atomic E-state index is -4.64. The summed E-state index contributed by atoms with van der Waals surface area (Å²) in [7, 11) is -4.64. The normalized spacial score (nSPS) is 12.5. The van der Waals surface area contributed by atoms with Crippen molar-refractivity contribution in [2.24, 2.45) is 5.92 Å². The van der Waals surface area contributed by atoms with Crippen molar-refractivity contribution in [3.05, 3.63) is 53.6 Å². The highest BCUT2D eigenvalue weighted by molar-refractivity contribution is 7.86. The molecule has 2 rings (SSSR count).